The Morgan fingerprint density at radius 1 is 0.185 bits per heavy atom. The number of benzene rings is 8. The Hall–Kier alpha value is -7.86. The zero-order valence-electron chi connectivity index (χ0n) is 67.2. The standard InChI is InChI=1S/8C11H14O2.2Nd.2H2O/c8*1-11(2,3)9-6-4-8(5-7-9)10(12)13;;;;/h8*4-7H,1-3H3,(H,12,13);;;2*1H2/q;;;;;;;;2*+3;;/p-4. The fraction of sp³-hybridized carbons (Fsp3) is 0.364. The molecule has 8 rings (SSSR count). The van der Waals surface area contributed by atoms with Gasteiger partial charge in [0.05, 0.1) is 46.9 Å². The summed E-state index contributed by atoms with van der Waals surface area (Å²) in [5.74, 6) is -8.50. The van der Waals surface area contributed by atoms with Crippen LogP contribution in [0.2, 0.25) is 0 Å². The van der Waals surface area contributed by atoms with Gasteiger partial charge in [0.25, 0.3) is 0 Å². The van der Waals surface area contributed by atoms with Crippen molar-refractivity contribution in [2.24, 2.45) is 0 Å². The molecular weight excluding hydrogens is 1630 g/mol. The van der Waals surface area contributed by atoms with Gasteiger partial charge >= 0.3 is 93.6 Å². The maximum absolute atomic E-state index is 10.6. The molecule has 0 aliphatic heterocycles. The molecule has 0 bridgehead atoms. The molecule has 20 heteroatoms. The Kier molecular flexibility index (Phi) is 45.3. The molecule has 0 aromatic heterocycles. The Bertz CT molecular complexity index is 3260. The second-order valence-electron chi connectivity index (χ2n) is 33.0. The maximum Gasteiger partial charge on any atom is 3.00 e. The minimum atomic E-state index is -1.12. The Morgan fingerprint density at radius 3 is 0.315 bits per heavy atom. The summed E-state index contributed by atoms with van der Waals surface area (Å²) in [6, 6.07) is 54.9. The minimum absolute atomic E-state index is 0. The quantitative estimate of drug-likeness (QED) is 0.133. The van der Waals surface area contributed by atoms with Crippen molar-refractivity contribution in [3.63, 3.8) is 0 Å². The van der Waals surface area contributed by atoms with Gasteiger partial charge in [0.1, 0.15) is 0 Å². The molecule has 578 valence electrons. The zero-order chi connectivity index (χ0) is 80.5. The summed E-state index contributed by atoms with van der Waals surface area (Å²) in [7, 11) is 0. The van der Waals surface area contributed by atoms with Crippen LogP contribution in [0.4, 0.5) is 0 Å². The van der Waals surface area contributed by atoms with E-state index in [4.69, 9.17) is 10.2 Å². The van der Waals surface area contributed by atoms with Gasteiger partial charge < -0.3 is 80.6 Å². The van der Waals surface area contributed by atoms with E-state index >= 15 is 0 Å². The van der Waals surface area contributed by atoms with Gasteiger partial charge in [-0.05, 0) is 145 Å². The van der Waals surface area contributed by atoms with E-state index in [0.29, 0.717) is 11.1 Å². The van der Waals surface area contributed by atoms with Gasteiger partial charge in [-0.3, -0.25) is 0 Å². The largest absolute Gasteiger partial charge is 3.00 e. The van der Waals surface area contributed by atoms with Crippen molar-refractivity contribution >= 4 is 47.8 Å². The normalized spacial score (nSPS) is 10.9. The summed E-state index contributed by atoms with van der Waals surface area (Å²) in [5.41, 5.74) is 11.6. The smallest absolute Gasteiger partial charge is 0.545 e. The van der Waals surface area contributed by atoms with Crippen LogP contribution in [0.1, 0.15) is 294 Å². The van der Waals surface area contributed by atoms with Crippen molar-refractivity contribution in [3.8, 4) is 0 Å². The molecule has 0 heterocycles. The van der Waals surface area contributed by atoms with Crippen LogP contribution in [0.5, 0.6) is 0 Å². The minimum Gasteiger partial charge on any atom is -0.545 e. The van der Waals surface area contributed by atoms with E-state index < -0.39 is 47.8 Å². The first-order chi connectivity index (χ1) is 47.3. The predicted molar refractivity (Wildman–Crippen MR) is 411 cm³/mol. The summed E-state index contributed by atoms with van der Waals surface area (Å²) in [6.07, 6.45) is 0. The van der Waals surface area contributed by atoms with E-state index in [1.54, 1.807) is 97.1 Å². The van der Waals surface area contributed by atoms with Crippen molar-refractivity contribution in [2.75, 3.05) is 0 Å². The van der Waals surface area contributed by atoms with Crippen molar-refractivity contribution in [3.05, 3.63) is 283 Å². The van der Waals surface area contributed by atoms with Crippen LogP contribution in [-0.2, 0) is 54.3 Å². The van der Waals surface area contributed by atoms with Gasteiger partial charge in [-0.1, -0.05) is 336 Å². The number of hydrogen-bond acceptors (Lipinski definition) is 14. The Labute approximate surface area is 705 Å². The first-order valence-corrected chi connectivity index (χ1v) is 33.9. The van der Waals surface area contributed by atoms with Gasteiger partial charge in [0.2, 0.25) is 0 Å². The molecule has 0 aliphatic carbocycles. The second-order valence-corrected chi connectivity index (χ2v) is 33.0. The van der Waals surface area contributed by atoms with Gasteiger partial charge in [-0.25, -0.2) is 9.59 Å². The average molecular weight is 1750 g/mol. The molecule has 8 aromatic rings. The van der Waals surface area contributed by atoms with E-state index in [-0.39, 0.29) is 169 Å². The van der Waals surface area contributed by atoms with Crippen LogP contribution in [0.25, 0.3) is 0 Å². The molecule has 0 saturated heterocycles. The van der Waals surface area contributed by atoms with Crippen molar-refractivity contribution < 1.29 is 172 Å². The monoisotopic (exact) mass is 1740 g/mol. The van der Waals surface area contributed by atoms with Crippen LogP contribution in [0, 0.1) is 81.7 Å². The fourth-order valence-electron chi connectivity index (χ4n) is 8.86. The average Bonchev–Trinajstić information content (AvgIpc) is 0.910. The molecule has 0 aliphatic rings. The molecule has 2 radical (unpaired) electrons. The Morgan fingerprint density at radius 2 is 0.259 bits per heavy atom. The van der Waals surface area contributed by atoms with Crippen molar-refractivity contribution in [1.82, 2.24) is 0 Å². The summed E-state index contributed by atoms with van der Waals surface area (Å²) >= 11 is 0. The number of carbonyl (C=O) groups is 8. The fourth-order valence-corrected chi connectivity index (χ4v) is 8.86. The number of carboxylic acids is 8. The summed E-state index contributed by atoms with van der Waals surface area (Å²) in [5, 5.41) is 80.1. The molecule has 0 atom stereocenters. The van der Waals surface area contributed by atoms with Crippen LogP contribution >= 0.6 is 0 Å². The molecule has 0 unspecified atom stereocenters. The van der Waals surface area contributed by atoms with Crippen molar-refractivity contribution in [2.45, 2.75) is 209 Å². The third-order valence-electron chi connectivity index (χ3n) is 15.9. The molecule has 0 fully saturated rings. The maximum atomic E-state index is 10.6. The third-order valence-corrected chi connectivity index (χ3v) is 15.9. The number of aromatic carboxylic acids is 8. The summed E-state index contributed by atoms with van der Waals surface area (Å²) in [4.78, 5) is 83.8. The van der Waals surface area contributed by atoms with Crippen LogP contribution in [0.15, 0.2) is 194 Å². The molecule has 8 aromatic carbocycles. The molecule has 18 nitrogen and oxygen atoms in total. The number of carbonyl (C=O) groups excluding carboxylic acids is 6. The van der Waals surface area contributed by atoms with E-state index in [1.807, 2.05) is 97.1 Å². The first kappa shape index (κ1) is 106. The second kappa shape index (κ2) is 46.0. The van der Waals surface area contributed by atoms with Crippen LogP contribution < -0.4 is 30.6 Å². The molecule has 108 heavy (non-hydrogen) atoms. The molecule has 0 saturated carbocycles. The van der Waals surface area contributed by atoms with E-state index in [9.17, 15) is 69.0 Å². The molecule has 8 N–H and O–H groups in total. The third kappa shape index (κ3) is 40.0. The van der Waals surface area contributed by atoms with Crippen molar-refractivity contribution in [1.29, 1.82) is 0 Å². The van der Waals surface area contributed by atoms with Gasteiger partial charge in [-0.15, -0.1) is 0 Å². The molecule has 0 amide bonds. The van der Waals surface area contributed by atoms with E-state index in [0.717, 1.165) is 44.5 Å². The van der Waals surface area contributed by atoms with Crippen LogP contribution in [-0.4, -0.2) is 58.0 Å². The molecule has 0 spiro atoms. The summed E-state index contributed by atoms with van der Waals surface area (Å²) in [6.45, 7) is 50.1. The van der Waals surface area contributed by atoms with Gasteiger partial charge in [0, 0.05) is 0 Å². The zero-order valence-corrected chi connectivity index (χ0v) is 73.7. The van der Waals surface area contributed by atoms with E-state index in [2.05, 4.69) is 166 Å². The number of carboxylic acid groups (broad SMARTS) is 8. The molecular formula is C88H112Nd2O18+2. The van der Waals surface area contributed by atoms with Gasteiger partial charge in [-0.2, -0.15) is 0 Å². The topological polar surface area (TPSA) is 381 Å². The number of hydrogen-bond donors (Lipinski definition) is 2. The van der Waals surface area contributed by atoms with Crippen LogP contribution in [0.3, 0.4) is 0 Å². The Balaban J connectivity index is -0.000000569. The first-order valence-electron chi connectivity index (χ1n) is 33.9. The SMILES string of the molecule is CC(C)(C)c1ccc(C(=O)O)cc1.CC(C)(C)c1ccc(C(=O)O)cc1.CC(C)(C)c1ccc(C(=O)[O-])cc1.CC(C)(C)c1ccc(C(=O)[O-])cc1.CC(C)(C)c1ccc(C(=O)[O-])cc1.CC(C)(C)c1ccc(C(=O)[O-])cc1.CC(C)(C)c1ccc(C(=O)[O-])cc1.CC(C)(C)c1ccc(C(=O)[O-])cc1.[Nd+3].[Nd+3].[OH3+].[OH3+]. The number of rotatable bonds is 8. The van der Waals surface area contributed by atoms with E-state index in [1.165, 1.54) is 0 Å². The van der Waals surface area contributed by atoms with Gasteiger partial charge in [0.15, 0.2) is 0 Å². The summed E-state index contributed by atoms with van der Waals surface area (Å²) < 4.78 is 0. The predicted octanol–water partition coefficient (Wildman–Crippen LogP) is 11.6.